The van der Waals surface area contributed by atoms with Gasteiger partial charge in [0.25, 0.3) is 0 Å². The fourth-order valence-corrected chi connectivity index (χ4v) is 2.54. The van der Waals surface area contributed by atoms with Crippen LogP contribution in [0.4, 0.5) is 4.39 Å². The second kappa shape index (κ2) is 6.71. The molecule has 0 amide bonds. The first-order valence-electron chi connectivity index (χ1n) is 7.18. The number of unbranched alkanes of at least 4 members (excludes halogenated alkanes) is 1. The molecule has 0 atom stereocenters. The average Bonchev–Trinajstić information content (AvgIpc) is 2.41. The van der Waals surface area contributed by atoms with Crippen LogP contribution in [-0.2, 0) is 0 Å². The number of halogens is 1. The Bertz CT molecular complexity index is 532. The maximum atomic E-state index is 13.4. The third-order valence-corrected chi connectivity index (χ3v) is 3.61. The molecule has 0 unspecified atom stereocenters. The van der Waals surface area contributed by atoms with Gasteiger partial charge in [0.2, 0.25) is 0 Å². The molecule has 20 heavy (non-hydrogen) atoms. The zero-order valence-electron chi connectivity index (χ0n) is 12.3. The molecule has 2 N–H and O–H groups in total. The number of nitrogens with two attached hydrogens (primary N) is 1. The topological polar surface area (TPSA) is 29.3 Å². The van der Waals surface area contributed by atoms with Gasteiger partial charge >= 0.3 is 0 Å². The van der Waals surface area contributed by atoms with Gasteiger partial charge in [0.15, 0.2) is 0 Å². The minimum atomic E-state index is -0.148. The van der Waals surface area contributed by atoms with Crippen molar-refractivity contribution in [1.82, 2.24) is 4.90 Å². The number of rotatable bonds is 5. The van der Waals surface area contributed by atoms with Crippen molar-refractivity contribution >= 4 is 5.57 Å². The molecule has 1 aromatic carbocycles. The molecule has 0 fully saturated rings. The van der Waals surface area contributed by atoms with Crippen molar-refractivity contribution in [3.8, 4) is 0 Å². The Labute approximate surface area is 120 Å². The molecular formula is C17H23FN2. The van der Waals surface area contributed by atoms with Gasteiger partial charge in [0.05, 0.1) is 0 Å². The van der Waals surface area contributed by atoms with Crippen LogP contribution in [-0.4, -0.2) is 25.0 Å². The summed E-state index contributed by atoms with van der Waals surface area (Å²) in [6.45, 7) is 3.52. The zero-order chi connectivity index (χ0) is 14.5. The molecule has 1 aliphatic rings. The van der Waals surface area contributed by atoms with Gasteiger partial charge in [-0.15, -0.1) is 0 Å². The van der Waals surface area contributed by atoms with E-state index in [1.807, 2.05) is 12.1 Å². The van der Waals surface area contributed by atoms with E-state index in [4.69, 9.17) is 5.73 Å². The second-order valence-electron chi connectivity index (χ2n) is 5.51. The molecule has 0 saturated heterocycles. The van der Waals surface area contributed by atoms with E-state index in [0.717, 1.165) is 43.5 Å². The first-order chi connectivity index (χ1) is 9.60. The Kier molecular flexibility index (Phi) is 4.96. The van der Waals surface area contributed by atoms with Crippen molar-refractivity contribution in [3.63, 3.8) is 0 Å². The highest BCUT2D eigenvalue weighted by Crippen LogP contribution is 2.26. The summed E-state index contributed by atoms with van der Waals surface area (Å²) in [7, 11) is 2.08. The van der Waals surface area contributed by atoms with Crippen LogP contribution < -0.4 is 5.73 Å². The SMILES string of the molecule is Cc1cc(C2=CN(C)CC(CCCCN)=C2)ccc1F. The molecule has 0 aliphatic carbocycles. The molecule has 1 aromatic rings. The zero-order valence-corrected chi connectivity index (χ0v) is 12.3. The molecule has 108 valence electrons. The first-order valence-corrected chi connectivity index (χ1v) is 7.18. The number of hydrogen-bond donors (Lipinski definition) is 1. The lowest BCUT2D eigenvalue weighted by atomic mass is 9.97. The number of likely N-dealkylation sites (N-methyl/N-ethyl adjacent to an activating group) is 1. The molecule has 0 spiro atoms. The quantitative estimate of drug-likeness (QED) is 0.833. The highest BCUT2D eigenvalue weighted by atomic mass is 19.1. The Morgan fingerprint density at radius 2 is 2.10 bits per heavy atom. The monoisotopic (exact) mass is 274 g/mol. The maximum Gasteiger partial charge on any atom is 0.126 e. The number of nitrogens with zero attached hydrogens (tertiary/aromatic N) is 1. The predicted octanol–water partition coefficient (Wildman–Crippen LogP) is 3.48. The Morgan fingerprint density at radius 1 is 1.30 bits per heavy atom. The Balaban J connectivity index is 2.18. The summed E-state index contributed by atoms with van der Waals surface area (Å²) in [5.74, 6) is -0.148. The lowest BCUT2D eigenvalue weighted by Crippen LogP contribution is -2.18. The fraction of sp³-hybridized carbons (Fsp3) is 0.412. The average molecular weight is 274 g/mol. The van der Waals surface area contributed by atoms with Crippen LogP contribution in [0.3, 0.4) is 0 Å². The van der Waals surface area contributed by atoms with Gasteiger partial charge in [-0.2, -0.15) is 0 Å². The number of benzene rings is 1. The van der Waals surface area contributed by atoms with Crippen LogP contribution in [0.2, 0.25) is 0 Å². The number of hydrogen-bond acceptors (Lipinski definition) is 2. The summed E-state index contributed by atoms with van der Waals surface area (Å²) < 4.78 is 13.4. The third kappa shape index (κ3) is 3.70. The van der Waals surface area contributed by atoms with Crippen molar-refractivity contribution in [1.29, 1.82) is 0 Å². The minimum absolute atomic E-state index is 0.148. The van der Waals surface area contributed by atoms with Gasteiger partial charge in [-0.05, 0) is 61.6 Å². The largest absolute Gasteiger partial charge is 0.376 e. The molecule has 0 aromatic heterocycles. The molecule has 3 heteroatoms. The van der Waals surface area contributed by atoms with Crippen LogP contribution in [0.15, 0.2) is 36.0 Å². The fourth-order valence-electron chi connectivity index (χ4n) is 2.54. The smallest absolute Gasteiger partial charge is 0.126 e. The van der Waals surface area contributed by atoms with Crippen LogP contribution in [0.25, 0.3) is 5.57 Å². The minimum Gasteiger partial charge on any atom is -0.376 e. The molecule has 1 heterocycles. The lowest BCUT2D eigenvalue weighted by molar-refractivity contribution is 0.482. The van der Waals surface area contributed by atoms with Crippen molar-refractivity contribution in [2.45, 2.75) is 26.2 Å². The summed E-state index contributed by atoms with van der Waals surface area (Å²) in [6, 6.07) is 5.30. The van der Waals surface area contributed by atoms with Crippen molar-refractivity contribution in [2.75, 3.05) is 20.1 Å². The Hall–Kier alpha value is -1.61. The molecule has 0 saturated carbocycles. The molecular weight excluding hydrogens is 251 g/mol. The van der Waals surface area contributed by atoms with E-state index in [-0.39, 0.29) is 5.82 Å². The standard InChI is InChI=1S/C17H23FN2/c1-13-9-15(6-7-17(13)18)16-10-14(5-3-4-8-19)11-20(2)12-16/h6-7,9-10,12H,3-5,8,11,19H2,1-2H3. The summed E-state index contributed by atoms with van der Waals surface area (Å²) in [4.78, 5) is 2.19. The highest BCUT2D eigenvalue weighted by molar-refractivity contribution is 5.75. The van der Waals surface area contributed by atoms with Crippen LogP contribution in [0.5, 0.6) is 0 Å². The van der Waals surface area contributed by atoms with Crippen molar-refractivity contribution in [2.24, 2.45) is 5.73 Å². The van der Waals surface area contributed by atoms with Gasteiger partial charge in [0.1, 0.15) is 5.82 Å². The van der Waals surface area contributed by atoms with E-state index in [9.17, 15) is 4.39 Å². The van der Waals surface area contributed by atoms with Gasteiger partial charge in [-0.1, -0.05) is 17.7 Å². The van der Waals surface area contributed by atoms with Gasteiger partial charge in [-0.25, -0.2) is 4.39 Å². The first kappa shape index (κ1) is 14.8. The van der Waals surface area contributed by atoms with Crippen molar-refractivity contribution < 1.29 is 4.39 Å². The van der Waals surface area contributed by atoms with Gasteiger partial charge < -0.3 is 10.6 Å². The summed E-state index contributed by atoms with van der Waals surface area (Å²) in [5, 5.41) is 0. The molecule has 0 radical (unpaired) electrons. The molecule has 2 rings (SSSR count). The Morgan fingerprint density at radius 3 is 2.80 bits per heavy atom. The van der Waals surface area contributed by atoms with E-state index in [1.54, 1.807) is 13.0 Å². The normalized spacial score (nSPS) is 15.1. The van der Waals surface area contributed by atoms with Crippen LogP contribution in [0.1, 0.15) is 30.4 Å². The molecule has 1 aliphatic heterocycles. The van der Waals surface area contributed by atoms with Crippen LogP contribution >= 0.6 is 0 Å². The van der Waals surface area contributed by atoms with E-state index in [2.05, 4.69) is 24.2 Å². The molecule has 0 bridgehead atoms. The van der Waals surface area contributed by atoms with E-state index >= 15 is 0 Å². The number of aryl methyl sites for hydroxylation is 1. The number of allylic oxidation sites excluding steroid dienone is 2. The third-order valence-electron chi connectivity index (χ3n) is 3.61. The highest BCUT2D eigenvalue weighted by Gasteiger charge is 2.11. The second-order valence-corrected chi connectivity index (χ2v) is 5.51. The van der Waals surface area contributed by atoms with Crippen molar-refractivity contribution in [3.05, 3.63) is 53.0 Å². The predicted molar refractivity (Wildman–Crippen MR) is 82.7 cm³/mol. The van der Waals surface area contributed by atoms with E-state index in [1.165, 1.54) is 5.57 Å². The van der Waals surface area contributed by atoms with E-state index in [0.29, 0.717) is 5.56 Å². The molecule has 2 nitrogen and oxygen atoms in total. The van der Waals surface area contributed by atoms with Gasteiger partial charge in [0, 0.05) is 19.8 Å². The van der Waals surface area contributed by atoms with E-state index < -0.39 is 0 Å². The lowest BCUT2D eigenvalue weighted by Gasteiger charge is -2.24. The van der Waals surface area contributed by atoms with Crippen LogP contribution in [0, 0.1) is 12.7 Å². The van der Waals surface area contributed by atoms with Gasteiger partial charge in [-0.3, -0.25) is 0 Å². The summed E-state index contributed by atoms with van der Waals surface area (Å²) in [5.41, 5.74) is 9.88. The summed E-state index contributed by atoms with van der Waals surface area (Å²) >= 11 is 0. The maximum absolute atomic E-state index is 13.4. The summed E-state index contributed by atoms with van der Waals surface area (Å²) in [6.07, 6.45) is 7.64.